The molecule has 6 heteroatoms. The number of halogens is 1. The predicted molar refractivity (Wildman–Crippen MR) is 86.2 cm³/mol. The van der Waals surface area contributed by atoms with Crippen LogP contribution in [0.3, 0.4) is 0 Å². The van der Waals surface area contributed by atoms with Crippen LogP contribution in [-0.2, 0) is 6.54 Å². The van der Waals surface area contributed by atoms with Crippen molar-refractivity contribution in [2.45, 2.75) is 6.54 Å². The fourth-order valence-electron chi connectivity index (χ4n) is 2.38. The molecule has 0 saturated carbocycles. The van der Waals surface area contributed by atoms with Crippen LogP contribution in [0.4, 0.5) is 10.2 Å². The van der Waals surface area contributed by atoms with Gasteiger partial charge in [-0.25, -0.2) is 13.8 Å². The van der Waals surface area contributed by atoms with Crippen molar-refractivity contribution in [2.24, 2.45) is 0 Å². The van der Waals surface area contributed by atoms with Gasteiger partial charge >= 0.3 is 5.69 Å². The first-order chi connectivity index (χ1) is 11.1. The van der Waals surface area contributed by atoms with Gasteiger partial charge in [-0.15, -0.1) is 0 Å². The SMILES string of the molecule is Nc1cc(=O)n(Cc2ccccc2)c(=O)n1-c1cccc(F)c1. The van der Waals surface area contributed by atoms with Crippen molar-refractivity contribution in [1.82, 2.24) is 9.13 Å². The molecular weight excluding hydrogens is 297 g/mol. The molecule has 0 radical (unpaired) electrons. The molecule has 0 spiro atoms. The number of benzene rings is 2. The van der Waals surface area contributed by atoms with E-state index in [1.165, 1.54) is 18.2 Å². The first kappa shape index (κ1) is 14.8. The molecule has 116 valence electrons. The predicted octanol–water partition coefficient (Wildman–Crippen LogP) is 1.77. The van der Waals surface area contributed by atoms with Gasteiger partial charge in [0.1, 0.15) is 11.6 Å². The lowest BCUT2D eigenvalue weighted by Gasteiger charge is -2.13. The lowest BCUT2D eigenvalue weighted by Crippen LogP contribution is -2.40. The third-order valence-corrected chi connectivity index (χ3v) is 3.47. The number of hydrogen-bond donors (Lipinski definition) is 1. The number of anilines is 1. The monoisotopic (exact) mass is 311 g/mol. The van der Waals surface area contributed by atoms with Gasteiger partial charge in [0.15, 0.2) is 0 Å². The van der Waals surface area contributed by atoms with Crippen LogP contribution < -0.4 is 17.0 Å². The van der Waals surface area contributed by atoms with Gasteiger partial charge in [-0.2, -0.15) is 0 Å². The fourth-order valence-corrected chi connectivity index (χ4v) is 2.38. The summed E-state index contributed by atoms with van der Waals surface area (Å²) < 4.78 is 15.6. The van der Waals surface area contributed by atoms with Gasteiger partial charge in [0, 0.05) is 6.07 Å². The van der Waals surface area contributed by atoms with E-state index < -0.39 is 17.1 Å². The Bertz CT molecular complexity index is 962. The molecule has 1 aromatic heterocycles. The molecule has 0 unspecified atom stereocenters. The molecule has 2 aromatic carbocycles. The van der Waals surface area contributed by atoms with Crippen molar-refractivity contribution in [3.8, 4) is 5.69 Å². The summed E-state index contributed by atoms with van der Waals surface area (Å²) in [6, 6.07) is 15.8. The van der Waals surface area contributed by atoms with E-state index in [1.807, 2.05) is 30.3 Å². The van der Waals surface area contributed by atoms with Gasteiger partial charge < -0.3 is 5.73 Å². The summed E-state index contributed by atoms with van der Waals surface area (Å²) in [5.74, 6) is -0.524. The quantitative estimate of drug-likeness (QED) is 0.801. The number of hydrogen-bond acceptors (Lipinski definition) is 3. The standard InChI is InChI=1S/C17H14FN3O2/c18-13-7-4-8-14(9-13)21-15(19)10-16(22)20(17(21)23)11-12-5-2-1-3-6-12/h1-10H,11,19H2. The lowest BCUT2D eigenvalue weighted by molar-refractivity contribution is 0.623. The average Bonchev–Trinajstić information content (AvgIpc) is 2.52. The van der Waals surface area contributed by atoms with E-state index >= 15 is 0 Å². The van der Waals surface area contributed by atoms with Gasteiger partial charge in [0.25, 0.3) is 5.56 Å². The Balaban J connectivity index is 2.17. The maximum atomic E-state index is 13.4. The molecule has 0 aliphatic heterocycles. The first-order valence-electron chi connectivity index (χ1n) is 6.98. The number of nitrogen functional groups attached to an aromatic ring is 1. The Morgan fingerprint density at radius 2 is 1.70 bits per heavy atom. The Labute approximate surface area is 131 Å². The molecule has 0 bridgehead atoms. The smallest absolute Gasteiger partial charge is 0.337 e. The molecule has 0 aliphatic rings. The minimum Gasteiger partial charge on any atom is -0.385 e. The second kappa shape index (κ2) is 5.92. The molecule has 23 heavy (non-hydrogen) atoms. The van der Waals surface area contributed by atoms with Crippen LogP contribution in [0.2, 0.25) is 0 Å². The Hall–Kier alpha value is -3.15. The van der Waals surface area contributed by atoms with Crippen LogP contribution in [0.25, 0.3) is 5.69 Å². The summed E-state index contributed by atoms with van der Waals surface area (Å²) in [4.78, 5) is 24.8. The van der Waals surface area contributed by atoms with Crippen molar-refractivity contribution in [2.75, 3.05) is 5.73 Å². The highest BCUT2D eigenvalue weighted by molar-refractivity contribution is 5.42. The summed E-state index contributed by atoms with van der Waals surface area (Å²) in [6.45, 7) is 0.119. The molecular formula is C17H14FN3O2. The van der Waals surface area contributed by atoms with E-state index in [2.05, 4.69) is 0 Å². The summed E-state index contributed by atoms with van der Waals surface area (Å²) in [5.41, 5.74) is 5.77. The summed E-state index contributed by atoms with van der Waals surface area (Å²) >= 11 is 0. The van der Waals surface area contributed by atoms with Crippen LogP contribution in [0.15, 0.2) is 70.3 Å². The number of aromatic nitrogens is 2. The molecule has 0 amide bonds. The molecule has 2 N–H and O–H groups in total. The third kappa shape index (κ3) is 2.91. The van der Waals surface area contributed by atoms with E-state index in [1.54, 1.807) is 6.07 Å². The summed E-state index contributed by atoms with van der Waals surface area (Å²) in [6.07, 6.45) is 0. The second-order valence-corrected chi connectivity index (χ2v) is 5.08. The van der Waals surface area contributed by atoms with Crippen molar-refractivity contribution >= 4 is 5.82 Å². The van der Waals surface area contributed by atoms with Gasteiger partial charge in [0.2, 0.25) is 0 Å². The highest BCUT2D eigenvalue weighted by Gasteiger charge is 2.12. The largest absolute Gasteiger partial charge is 0.385 e. The van der Waals surface area contributed by atoms with Crippen LogP contribution in [0.1, 0.15) is 5.56 Å². The molecule has 5 nitrogen and oxygen atoms in total. The van der Waals surface area contributed by atoms with Crippen molar-refractivity contribution in [3.05, 3.63) is 92.9 Å². The fraction of sp³-hybridized carbons (Fsp3) is 0.0588. The zero-order valence-electron chi connectivity index (χ0n) is 12.1. The Morgan fingerprint density at radius 3 is 2.39 bits per heavy atom. The van der Waals surface area contributed by atoms with E-state index in [0.717, 1.165) is 20.8 Å². The van der Waals surface area contributed by atoms with Crippen LogP contribution in [-0.4, -0.2) is 9.13 Å². The maximum Gasteiger partial charge on any atom is 0.337 e. The van der Waals surface area contributed by atoms with E-state index in [9.17, 15) is 14.0 Å². The molecule has 3 aromatic rings. The molecule has 1 heterocycles. The summed E-state index contributed by atoms with van der Waals surface area (Å²) in [5, 5.41) is 0. The van der Waals surface area contributed by atoms with Gasteiger partial charge in [-0.05, 0) is 23.8 Å². The van der Waals surface area contributed by atoms with Crippen LogP contribution >= 0.6 is 0 Å². The second-order valence-electron chi connectivity index (χ2n) is 5.08. The topological polar surface area (TPSA) is 70.0 Å². The first-order valence-corrected chi connectivity index (χ1v) is 6.98. The number of nitrogens with zero attached hydrogens (tertiary/aromatic N) is 2. The highest BCUT2D eigenvalue weighted by atomic mass is 19.1. The lowest BCUT2D eigenvalue weighted by atomic mass is 10.2. The van der Waals surface area contributed by atoms with E-state index in [-0.39, 0.29) is 18.1 Å². The van der Waals surface area contributed by atoms with Crippen molar-refractivity contribution in [3.63, 3.8) is 0 Å². The molecule has 0 saturated heterocycles. The zero-order valence-corrected chi connectivity index (χ0v) is 12.1. The third-order valence-electron chi connectivity index (χ3n) is 3.47. The Kier molecular flexibility index (Phi) is 3.80. The molecule has 3 rings (SSSR count). The van der Waals surface area contributed by atoms with Gasteiger partial charge in [-0.3, -0.25) is 9.36 Å². The normalized spacial score (nSPS) is 10.7. The van der Waals surface area contributed by atoms with Crippen LogP contribution in [0, 0.1) is 5.82 Å². The van der Waals surface area contributed by atoms with Crippen molar-refractivity contribution < 1.29 is 4.39 Å². The number of nitrogens with two attached hydrogens (primary N) is 1. The highest BCUT2D eigenvalue weighted by Crippen LogP contribution is 2.11. The zero-order chi connectivity index (χ0) is 16.4. The molecule has 0 fully saturated rings. The van der Waals surface area contributed by atoms with E-state index in [0.29, 0.717) is 0 Å². The summed E-state index contributed by atoms with van der Waals surface area (Å²) in [7, 11) is 0. The van der Waals surface area contributed by atoms with E-state index in [4.69, 9.17) is 5.73 Å². The Morgan fingerprint density at radius 1 is 0.957 bits per heavy atom. The minimum absolute atomic E-state index is 0.0325. The van der Waals surface area contributed by atoms with Gasteiger partial charge in [-0.1, -0.05) is 36.4 Å². The average molecular weight is 311 g/mol. The molecule has 0 atom stereocenters. The minimum atomic E-state index is -0.607. The molecule has 0 aliphatic carbocycles. The van der Waals surface area contributed by atoms with Crippen LogP contribution in [0.5, 0.6) is 0 Å². The maximum absolute atomic E-state index is 13.4. The number of rotatable bonds is 3. The van der Waals surface area contributed by atoms with Gasteiger partial charge in [0.05, 0.1) is 12.2 Å². The van der Waals surface area contributed by atoms with Crippen molar-refractivity contribution in [1.29, 1.82) is 0 Å².